The number of piperazine rings is 1. The highest BCUT2D eigenvalue weighted by molar-refractivity contribution is 5.94. The van der Waals surface area contributed by atoms with Crippen molar-refractivity contribution in [2.24, 2.45) is 11.8 Å². The first-order valence-electron chi connectivity index (χ1n) is 6.68. The van der Waals surface area contributed by atoms with Gasteiger partial charge in [-0.1, -0.05) is 13.8 Å². The van der Waals surface area contributed by atoms with E-state index in [-0.39, 0.29) is 36.4 Å². The Labute approximate surface area is 108 Å². The molecule has 2 heterocycles. The van der Waals surface area contributed by atoms with Gasteiger partial charge in [-0.3, -0.25) is 9.59 Å². The molecular weight excluding hydrogens is 232 g/mol. The highest BCUT2D eigenvalue weighted by atomic mass is 16.5. The predicted molar refractivity (Wildman–Crippen MR) is 66.9 cm³/mol. The van der Waals surface area contributed by atoms with Gasteiger partial charge in [0, 0.05) is 19.1 Å². The van der Waals surface area contributed by atoms with Crippen LogP contribution in [0.3, 0.4) is 0 Å². The smallest absolute Gasteiger partial charge is 0.245 e. The highest BCUT2D eigenvalue weighted by Gasteiger charge is 2.37. The highest BCUT2D eigenvalue weighted by Crippen LogP contribution is 2.23. The molecule has 0 aromatic carbocycles. The van der Waals surface area contributed by atoms with E-state index in [1.54, 1.807) is 4.90 Å². The summed E-state index contributed by atoms with van der Waals surface area (Å²) in [5.74, 6) is 0.470. The monoisotopic (exact) mass is 254 g/mol. The van der Waals surface area contributed by atoms with Crippen LogP contribution in [0.2, 0.25) is 0 Å². The first kappa shape index (κ1) is 13.3. The SMILES string of the molecule is CC(C)C1NC(=O)CN(CC2CCOC2C)C1=O. The van der Waals surface area contributed by atoms with Gasteiger partial charge < -0.3 is 15.0 Å². The first-order chi connectivity index (χ1) is 8.49. The number of nitrogens with one attached hydrogen (secondary N) is 1. The molecule has 2 amide bonds. The zero-order valence-electron chi connectivity index (χ0n) is 11.3. The Balaban J connectivity index is 2.02. The lowest BCUT2D eigenvalue weighted by Gasteiger charge is -2.36. The molecule has 1 N–H and O–H groups in total. The summed E-state index contributed by atoms with van der Waals surface area (Å²) in [7, 11) is 0. The third-order valence-corrected chi connectivity index (χ3v) is 3.88. The van der Waals surface area contributed by atoms with Crippen molar-refractivity contribution in [3.05, 3.63) is 0 Å². The van der Waals surface area contributed by atoms with Crippen LogP contribution in [0.15, 0.2) is 0 Å². The third kappa shape index (κ3) is 2.66. The maximum Gasteiger partial charge on any atom is 0.245 e. The number of rotatable bonds is 3. The molecule has 18 heavy (non-hydrogen) atoms. The second-order valence-corrected chi connectivity index (χ2v) is 5.63. The second kappa shape index (κ2) is 5.26. The van der Waals surface area contributed by atoms with Gasteiger partial charge >= 0.3 is 0 Å². The van der Waals surface area contributed by atoms with Crippen LogP contribution in [-0.2, 0) is 14.3 Å². The van der Waals surface area contributed by atoms with Crippen LogP contribution in [0.4, 0.5) is 0 Å². The van der Waals surface area contributed by atoms with E-state index in [1.165, 1.54) is 0 Å². The fraction of sp³-hybridized carbons (Fsp3) is 0.846. The molecule has 0 aromatic heterocycles. The molecule has 2 rings (SSSR count). The van der Waals surface area contributed by atoms with Gasteiger partial charge in [0.05, 0.1) is 12.6 Å². The normalized spacial score (nSPS) is 33.1. The van der Waals surface area contributed by atoms with Crippen LogP contribution in [0.25, 0.3) is 0 Å². The summed E-state index contributed by atoms with van der Waals surface area (Å²) >= 11 is 0. The summed E-state index contributed by atoms with van der Waals surface area (Å²) in [4.78, 5) is 25.6. The van der Waals surface area contributed by atoms with Gasteiger partial charge in [0.25, 0.3) is 0 Å². The van der Waals surface area contributed by atoms with Crippen LogP contribution >= 0.6 is 0 Å². The molecule has 2 aliphatic heterocycles. The molecule has 2 saturated heterocycles. The van der Waals surface area contributed by atoms with E-state index < -0.39 is 0 Å². The average molecular weight is 254 g/mol. The summed E-state index contributed by atoms with van der Waals surface area (Å²) in [6.07, 6.45) is 1.15. The Morgan fingerprint density at radius 1 is 1.44 bits per heavy atom. The number of carbonyl (C=O) groups is 2. The molecule has 0 saturated carbocycles. The molecule has 102 valence electrons. The van der Waals surface area contributed by atoms with Crippen molar-refractivity contribution in [3.63, 3.8) is 0 Å². The lowest BCUT2D eigenvalue weighted by atomic mass is 9.97. The molecule has 3 atom stereocenters. The van der Waals surface area contributed by atoms with Crippen LogP contribution in [0, 0.1) is 11.8 Å². The van der Waals surface area contributed by atoms with Gasteiger partial charge in [0.1, 0.15) is 6.04 Å². The zero-order chi connectivity index (χ0) is 13.3. The van der Waals surface area contributed by atoms with Crippen molar-refractivity contribution in [1.29, 1.82) is 0 Å². The van der Waals surface area contributed by atoms with Crippen molar-refractivity contribution < 1.29 is 14.3 Å². The Morgan fingerprint density at radius 3 is 2.72 bits per heavy atom. The lowest BCUT2D eigenvalue weighted by Crippen LogP contribution is -2.60. The van der Waals surface area contributed by atoms with Crippen molar-refractivity contribution in [1.82, 2.24) is 10.2 Å². The lowest BCUT2D eigenvalue weighted by molar-refractivity contribution is -0.146. The molecule has 2 fully saturated rings. The molecule has 2 aliphatic rings. The quantitative estimate of drug-likeness (QED) is 0.793. The number of ether oxygens (including phenoxy) is 1. The summed E-state index contributed by atoms with van der Waals surface area (Å²) in [5, 5.41) is 2.77. The second-order valence-electron chi connectivity index (χ2n) is 5.63. The van der Waals surface area contributed by atoms with Gasteiger partial charge in [-0.25, -0.2) is 0 Å². The number of carbonyl (C=O) groups excluding carboxylic acids is 2. The van der Waals surface area contributed by atoms with E-state index in [9.17, 15) is 9.59 Å². The number of nitrogens with zero attached hydrogens (tertiary/aromatic N) is 1. The Hall–Kier alpha value is -1.10. The molecule has 5 nitrogen and oxygen atoms in total. The summed E-state index contributed by atoms with van der Waals surface area (Å²) in [5.41, 5.74) is 0. The van der Waals surface area contributed by atoms with E-state index >= 15 is 0 Å². The van der Waals surface area contributed by atoms with Gasteiger partial charge in [-0.2, -0.15) is 0 Å². The molecule has 0 bridgehead atoms. The van der Waals surface area contributed by atoms with E-state index in [0.29, 0.717) is 12.5 Å². The van der Waals surface area contributed by atoms with Gasteiger partial charge in [0.15, 0.2) is 0 Å². The van der Waals surface area contributed by atoms with Crippen molar-refractivity contribution >= 4 is 11.8 Å². The van der Waals surface area contributed by atoms with Crippen LogP contribution in [0.5, 0.6) is 0 Å². The number of amides is 2. The maximum atomic E-state index is 12.3. The third-order valence-electron chi connectivity index (χ3n) is 3.88. The minimum absolute atomic E-state index is 0.0451. The Morgan fingerprint density at radius 2 is 2.17 bits per heavy atom. The summed E-state index contributed by atoms with van der Waals surface area (Å²) in [6.45, 7) is 7.52. The van der Waals surface area contributed by atoms with Crippen LogP contribution < -0.4 is 5.32 Å². The van der Waals surface area contributed by atoms with E-state index in [4.69, 9.17) is 4.74 Å². The van der Waals surface area contributed by atoms with Crippen molar-refractivity contribution in [2.45, 2.75) is 39.3 Å². The minimum Gasteiger partial charge on any atom is -0.378 e. The fourth-order valence-electron chi connectivity index (χ4n) is 2.63. The van der Waals surface area contributed by atoms with Crippen LogP contribution in [-0.4, -0.2) is 48.6 Å². The average Bonchev–Trinajstić information content (AvgIpc) is 2.69. The molecule has 5 heteroatoms. The topological polar surface area (TPSA) is 58.6 Å². The summed E-state index contributed by atoms with van der Waals surface area (Å²) in [6, 6.07) is -0.371. The molecule has 0 aromatic rings. The zero-order valence-corrected chi connectivity index (χ0v) is 11.3. The van der Waals surface area contributed by atoms with E-state index in [2.05, 4.69) is 5.32 Å². The first-order valence-corrected chi connectivity index (χ1v) is 6.68. The number of hydrogen-bond donors (Lipinski definition) is 1. The fourth-order valence-corrected chi connectivity index (χ4v) is 2.63. The standard InChI is InChI=1S/C13H22N2O3/c1-8(2)12-13(17)15(7-11(16)14-12)6-10-4-5-18-9(10)3/h8-10,12H,4-7H2,1-3H3,(H,14,16). The molecule has 3 unspecified atom stereocenters. The minimum atomic E-state index is -0.371. The largest absolute Gasteiger partial charge is 0.378 e. The molecule has 0 aliphatic carbocycles. The van der Waals surface area contributed by atoms with Gasteiger partial charge in [-0.15, -0.1) is 0 Å². The molecule has 0 radical (unpaired) electrons. The maximum absolute atomic E-state index is 12.3. The Bertz CT molecular complexity index is 343. The summed E-state index contributed by atoms with van der Waals surface area (Å²) < 4.78 is 5.50. The predicted octanol–water partition coefficient (Wildman–Crippen LogP) is 0.394. The van der Waals surface area contributed by atoms with Crippen molar-refractivity contribution in [3.8, 4) is 0 Å². The van der Waals surface area contributed by atoms with Crippen LogP contribution in [0.1, 0.15) is 27.2 Å². The molecule has 0 spiro atoms. The Kier molecular flexibility index (Phi) is 3.90. The van der Waals surface area contributed by atoms with Crippen molar-refractivity contribution in [2.75, 3.05) is 19.7 Å². The van der Waals surface area contributed by atoms with Gasteiger partial charge in [0.2, 0.25) is 11.8 Å². The van der Waals surface area contributed by atoms with Gasteiger partial charge in [-0.05, 0) is 19.3 Å². The number of hydrogen-bond acceptors (Lipinski definition) is 3. The van der Waals surface area contributed by atoms with E-state index in [0.717, 1.165) is 13.0 Å². The van der Waals surface area contributed by atoms with E-state index in [1.807, 2.05) is 20.8 Å². The molecular formula is C13H22N2O3.